The molecule has 1 saturated heterocycles. The van der Waals surface area contributed by atoms with Gasteiger partial charge in [0, 0.05) is 13.1 Å². The van der Waals surface area contributed by atoms with E-state index in [2.05, 4.69) is 9.97 Å². The van der Waals surface area contributed by atoms with Gasteiger partial charge in [-0.2, -0.15) is 0 Å². The first kappa shape index (κ1) is 17.9. The minimum absolute atomic E-state index is 0.103. The van der Waals surface area contributed by atoms with Gasteiger partial charge in [0.2, 0.25) is 15.0 Å². The van der Waals surface area contributed by atoms with E-state index in [0.717, 1.165) is 0 Å². The van der Waals surface area contributed by atoms with E-state index in [1.807, 2.05) is 0 Å². The number of carbonyl (C=O) groups excluding carboxylic acids is 1. The van der Waals surface area contributed by atoms with Crippen LogP contribution in [0, 0.1) is 5.92 Å². The van der Waals surface area contributed by atoms with Crippen LogP contribution in [0.1, 0.15) is 27.2 Å². The fourth-order valence-electron chi connectivity index (χ4n) is 2.31. The Morgan fingerprint density at radius 3 is 2.57 bits per heavy atom. The van der Waals surface area contributed by atoms with E-state index < -0.39 is 21.5 Å². The topological polar surface area (TPSA) is 89.5 Å². The van der Waals surface area contributed by atoms with Crippen LogP contribution in [0.2, 0.25) is 5.02 Å². The summed E-state index contributed by atoms with van der Waals surface area (Å²) in [6, 6.07) is 0. The quantitative estimate of drug-likeness (QED) is 0.766. The molecule has 1 amide bonds. The number of aromatic nitrogens is 2. The minimum Gasteiger partial charge on any atom is -0.444 e. The van der Waals surface area contributed by atoms with Crippen molar-refractivity contribution in [3.05, 3.63) is 17.4 Å². The molecule has 1 aromatic rings. The molecule has 128 valence electrons. The van der Waals surface area contributed by atoms with Crippen LogP contribution in [0.15, 0.2) is 17.6 Å². The number of likely N-dealkylation sites (tertiary alicyclic amines) is 1. The molecule has 1 fully saturated rings. The first-order chi connectivity index (χ1) is 10.6. The van der Waals surface area contributed by atoms with Crippen molar-refractivity contribution in [3.63, 3.8) is 0 Å². The zero-order valence-corrected chi connectivity index (χ0v) is 14.9. The number of hydrogen-bond donors (Lipinski definition) is 0. The third-order valence-corrected chi connectivity index (χ3v) is 5.14. The van der Waals surface area contributed by atoms with Gasteiger partial charge in [-0.3, -0.25) is 0 Å². The fourth-order valence-corrected chi connectivity index (χ4v) is 3.87. The second kappa shape index (κ2) is 6.60. The normalized spacial score (nSPS) is 19.0. The number of halogens is 1. The van der Waals surface area contributed by atoms with Gasteiger partial charge in [0.25, 0.3) is 0 Å². The predicted molar refractivity (Wildman–Crippen MR) is 85.0 cm³/mol. The summed E-state index contributed by atoms with van der Waals surface area (Å²) in [7, 11) is -3.60. The lowest BCUT2D eigenvalue weighted by molar-refractivity contribution is 0.0289. The Kier molecular flexibility index (Phi) is 5.15. The van der Waals surface area contributed by atoms with Crippen molar-refractivity contribution in [1.82, 2.24) is 14.9 Å². The Balaban J connectivity index is 1.97. The number of rotatable bonds is 3. The van der Waals surface area contributed by atoms with Gasteiger partial charge in [-0.25, -0.2) is 23.2 Å². The summed E-state index contributed by atoms with van der Waals surface area (Å²) in [5, 5.41) is 0.0403. The van der Waals surface area contributed by atoms with Crippen molar-refractivity contribution in [2.24, 2.45) is 5.92 Å². The third-order valence-electron chi connectivity index (χ3n) is 3.27. The summed E-state index contributed by atoms with van der Waals surface area (Å²) in [6.45, 7) is 6.21. The van der Waals surface area contributed by atoms with Crippen molar-refractivity contribution < 1.29 is 17.9 Å². The third kappa shape index (κ3) is 5.04. The van der Waals surface area contributed by atoms with Crippen LogP contribution in [0.4, 0.5) is 4.79 Å². The average molecular weight is 362 g/mol. The Morgan fingerprint density at radius 2 is 2.00 bits per heavy atom. The van der Waals surface area contributed by atoms with Crippen LogP contribution in [-0.4, -0.2) is 53.8 Å². The molecule has 7 nitrogen and oxygen atoms in total. The molecule has 1 atom stereocenters. The monoisotopic (exact) mass is 361 g/mol. The number of ether oxygens (including phenoxy) is 1. The summed E-state index contributed by atoms with van der Waals surface area (Å²) in [5.74, 6) is -0.264. The average Bonchev–Trinajstić information content (AvgIpc) is 2.85. The van der Waals surface area contributed by atoms with Crippen LogP contribution in [0.5, 0.6) is 0 Å². The van der Waals surface area contributed by atoms with Crippen molar-refractivity contribution in [3.8, 4) is 0 Å². The molecule has 2 rings (SSSR count). The molecule has 23 heavy (non-hydrogen) atoms. The Hall–Kier alpha value is -1.41. The van der Waals surface area contributed by atoms with Gasteiger partial charge in [-0.05, 0) is 33.1 Å². The number of carbonyl (C=O) groups is 1. The highest BCUT2D eigenvalue weighted by atomic mass is 35.5. The molecule has 9 heteroatoms. The van der Waals surface area contributed by atoms with Gasteiger partial charge in [0.1, 0.15) is 5.60 Å². The Labute approximate surface area is 140 Å². The lowest BCUT2D eigenvalue weighted by Gasteiger charge is -2.24. The highest BCUT2D eigenvalue weighted by molar-refractivity contribution is 7.91. The predicted octanol–water partition coefficient (Wildman–Crippen LogP) is 2.16. The van der Waals surface area contributed by atoms with Gasteiger partial charge < -0.3 is 9.64 Å². The molecular formula is C14H20ClN3O4S. The van der Waals surface area contributed by atoms with Crippen LogP contribution in [0.25, 0.3) is 0 Å². The first-order valence-electron chi connectivity index (χ1n) is 7.25. The SMILES string of the molecule is CC(C)(C)OC(=O)N1CC[C@@H](CS(=O)(=O)c2ncc(Cl)cn2)C1. The molecule has 0 bridgehead atoms. The molecule has 0 radical (unpaired) electrons. The maximum Gasteiger partial charge on any atom is 0.410 e. The molecule has 0 spiro atoms. The summed E-state index contributed by atoms with van der Waals surface area (Å²) < 4.78 is 29.9. The number of amides is 1. The minimum atomic E-state index is -3.60. The van der Waals surface area contributed by atoms with E-state index in [1.165, 1.54) is 17.3 Å². The smallest absolute Gasteiger partial charge is 0.410 e. The van der Waals surface area contributed by atoms with Crippen LogP contribution < -0.4 is 0 Å². The maximum absolute atomic E-state index is 12.3. The molecule has 0 aromatic carbocycles. The van der Waals surface area contributed by atoms with E-state index in [0.29, 0.717) is 19.5 Å². The molecule has 1 aliphatic heterocycles. The number of sulfone groups is 1. The fraction of sp³-hybridized carbons (Fsp3) is 0.643. The van der Waals surface area contributed by atoms with E-state index >= 15 is 0 Å². The van der Waals surface area contributed by atoms with Gasteiger partial charge in [0.15, 0.2) is 0 Å². The number of nitrogens with zero attached hydrogens (tertiary/aromatic N) is 3. The van der Waals surface area contributed by atoms with Crippen LogP contribution >= 0.6 is 11.6 Å². The van der Waals surface area contributed by atoms with Gasteiger partial charge in [0.05, 0.1) is 23.2 Å². The van der Waals surface area contributed by atoms with Gasteiger partial charge in [-0.15, -0.1) is 0 Å². The van der Waals surface area contributed by atoms with Crippen LogP contribution in [0.3, 0.4) is 0 Å². The van der Waals surface area contributed by atoms with Crippen molar-refractivity contribution in [1.29, 1.82) is 0 Å². The summed E-state index contributed by atoms with van der Waals surface area (Å²) in [4.78, 5) is 21.0. The van der Waals surface area contributed by atoms with Gasteiger partial charge in [-0.1, -0.05) is 11.6 Å². The highest BCUT2D eigenvalue weighted by Gasteiger charge is 2.33. The zero-order chi connectivity index (χ0) is 17.3. The molecule has 0 N–H and O–H groups in total. The van der Waals surface area contributed by atoms with Crippen molar-refractivity contribution in [2.45, 2.75) is 37.9 Å². The lowest BCUT2D eigenvalue weighted by Crippen LogP contribution is -2.35. The van der Waals surface area contributed by atoms with E-state index in [-0.39, 0.29) is 21.8 Å². The summed E-state index contributed by atoms with van der Waals surface area (Å²) in [5.41, 5.74) is -0.571. The van der Waals surface area contributed by atoms with E-state index in [9.17, 15) is 13.2 Å². The molecule has 2 heterocycles. The van der Waals surface area contributed by atoms with Crippen molar-refractivity contribution >= 4 is 27.5 Å². The molecule has 0 saturated carbocycles. The van der Waals surface area contributed by atoms with Crippen molar-refractivity contribution in [2.75, 3.05) is 18.8 Å². The lowest BCUT2D eigenvalue weighted by atomic mass is 10.2. The molecule has 1 aliphatic rings. The zero-order valence-electron chi connectivity index (χ0n) is 13.3. The van der Waals surface area contributed by atoms with E-state index in [4.69, 9.17) is 16.3 Å². The second-order valence-electron chi connectivity index (χ2n) is 6.55. The first-order valence-corrected chi connectivity index (χ1v) is 9.28. The van der Waals surface area contributed by atoms with E-state index in [1.54, 1.807) is 20.8 Å². The molecule has 0 unspecified atom stereocenters. The maximum atomic E-state index is 12.3. The van der Waals surface area contributed by atoms with Gasteiger partial charge >= 0.3 is 6.09 Å². The standard InChI is InChI=1S/C14H20ClN3O4S/c1-14(2,3)22-13(19)18-5-4-10(8-18)9-23(20,21)12-16-6-11(15)7-17-12/h6-7,10H,4-5,8-9H2,1-3H3/t10-/m1/s1. The van der Waals surface area contributed by atoms with Crippen LogP contribution in [-0.2, 0) is 14.6 Å². The number of hydrogen-bond acceptors (Lipinski definition) is 6. The highest BCUT2D eigenvalue weighted by Crippen LogP contribution is 2.22. The summed E-state index contributed by atoms with van der Waals surface area (Å²) in [6.07, 6.45) is 2.69. The Bertz CT molecular complexity index is 670. The largest absolute Gasteiger partial charge is 0.444 e. The summed E-state index contributed by atoms with van der Waals surface area (Å²) >= 11 is 5.66. The second-order valence-corrected chi connectivity index (χ2v) is 8.91. The molecule has 0 aliphatic carbocycles. The molecular weight excluding hydrogens is 342 g/mol. The Morgan fingerprint density at radius 1 is 1.39 bits per heavy atom. The molecule has 1 aromatic heterocycles.